The largest absolute Gasteiger partial charge is 0.490 e. The van der Waals surface area contributed by atoms with Crippen molar-refractivity contribution in [3.05, 3.63) is 53.1 Å². The smallest absolute Gasteiger partial charge is 0.119 e. The molecular formula is C18H26O. The van der Waals surface area contributed by atoms with Gasteiger partial charge in [-0.1, -0.05) is 41.8 Å². The minimum Gasteiger partial charge on any atom is -0.490 e. The topological polar surface area (TPSA) is 9.23 Å². The van der Waals surface area contributed by atoms with E-state index >= 15 is 0 Å². The molecule has 0 atom stereocenters. The van der Waals surface area contributed by atoms with Crippen LogP contribution in [-0.4, -0.2) is 6.61 Å². The molecule has 0 aliphatic rings. The summed E-state index contributed by atoms with van der Waals surface area (Å²) < 4.78 is 5.69. The zero-order chi connectivity index (χ0) is 14.1. The molecule has 0 N–H and O–H groups in total. The van der Waals surface area contributed by atoms with Gasteiger partial charge in [-0.15, -0.1) is 0 Å². The Bertz CT molecular complexity index is 424. The third kappa shape index (κ3) is 6.85. The fourth-order valence-corrected chi connectivity index (χ4v) is 1.71. The lowest BCUT2D eigenvalue weighted by molar-refractivity contribution is 0.361. The Balaban J connectivity index is 2.30. The number of ether oxygens (including phenoxy) is 1. The fraction of sp³-hybridized carbons (Fsp3) is 0.444. The van der Waals surface area contributed by atoms with Gasteiger partial charge in [0.05, 0.1) is 0 Å². The molecule has 1 heteroatoms. The molecule has 104 valence electrons. The van der Waals surface area contributed by atoms with E-state index in [1.165, 1.54) is 16.7 Å². The van der Waals surface area contributed by atoms with Gasteiger partial charge in [-0.25, -0.2) is 0 Å². The summed E-state index contributed by atoms with van der Waals surface area (Å²) >= 11 is 0. The van der Waals surface area contributed by atoms with E-state index < -0.39 is 0 Å². The molecule has 0 spiro atoms. The van der Waals surface area contributed by atoms with Crippen molar-refractivity contribution < 1.29 is 4.74 Å². The molecule has 0 fully saturated rings. The lowest BCUT2D eigenvalue weighted by atomic mass is 10.1. The van der Waals surface area contributed by atoms with E-state index in [0.717, 1.165) is 25.0 Å². The fourth-order valence-electron chi connectivity index (χ4n) is 1.71. The van der Waals surface area contributed by atoms with Gasteiger partial charge < -0.3 is 4.74 Å². The van der Waals surface area contributed by atoms with E-state index in [4.69, 9.17) is 4.74 Å². The Labute approximate surface area is 118 Å². The Morgan fingerprint density at radius 1 is 1.05 bits per heavy atom. The van der Waals surface area contributed by atoms with Crippen molar-refractivity contribution in [2.24, 2.45) is 0 Å². The molecule has 0 unspecified atom stereocenters. The van der Waals surface area contributed by atoms with E-state index in [9.17, 15) is 0 Å². The first-order chi connectivity index (χ1) is 9.11. The van der Waals surface area contributed by atoms with Gasteiger partial charge in [-0.3, -0.25) is 0 Å². The normalized spacial score (nSPS) is 12.6. The molecule has 0 aromatic heterocycles. The Morgan fingerprint density at radius 2 is 1.74 bits per heavy atom. The van der Waals surface area contributed by atoms with Gasteiger partial charge in [0.2, 0.25) is 0 Å². The summed E-state index contributed by atoms with van der Waals surface area (Å²) in [7, 11) is 0. The number of aryl methyl sites for hydroxylation is 1. The Kier molecular flexibility index (Phi) is 7.02. The Hall–Kier alpha value is -1.50. The lowest BCUT2D eigenvalue weighted by Crippen LogP contribution is -1.94. The summed E-state index contributed by atoms with van der Waals surface area (Å²) in [6.45, 7) is 9.31. The maximum atomic E-state index is 5.69. The van der Waals surface area contributed by atoms with Crippen molar-refractivity contribution in [3.63, 3.8) is 0 Å². The molecule has 0 aliphatic heterocycles. The lowest BCUT2D eigenvalue weighted by Gasteiger charge is -2.05. The molecule has 0 radical (unpaired) electrons. The summed E-state index contributed by atoms with van der Waals surface area (Å²) in [6, 6.07) is 8.19. The van der Waals surface area contributed by atoms with Crippen molar-refractivity contribution in [3.8, 4) is 5.75 Å². The average Bonchev–Trinajstić information content (AvgIpc) is 2.41. The first-order valence-corrected chi connectivity index (χ1v) is 7.12. The Morgan fingerprint density at radius 3 is 2.37 bits per heavy atom. The van der Waals surface area contributed by atoms with Gasteiger partial charge >= 0.3 is 0 Å². The van der Waals surface area contributed by atoms with Crippen molar-refractivity contribution in [1.82, 2.24) is 0 Å². The van der Waals surface area contributed by atoms with Crippen LogP contribution in [0.3, 0.4) is 0 Å². The van der Waals surface area contributed by atoms with Crippen molar-refractivity contribution in [2.75, 3.05) is 6.61 Å². The van der Waals surface area contributed by atoms with E-state index in [-0.39, 0.29) is 0 Å². The molecule has 0 bridgehead atoms. The van der Waals surface area contributed by atoms with Gasteiger partial charge in [-0.2, -0.15) is 0 Å². The van der Waals surface area contributed by atoms with Crippen molar-refractivity contribution in [1.29, 1.82) is 0 Å². The van der Waals surface area contributed by atoms with Crippen molar-refractivity contribution >= 4 is 0 Å². The maximum Gasteiger partial charge on any atom is 0.119 e. The highest BCUT2D eigenvalue weighted by Gasteiger charge is 1.93. The molecule has 19 heavy (non-hydrogen) atoms. The molecule has 1 aromatic carbocycles. The number of hydrogen-bond donors (Lipinski definition) is 0. The molecule has 1 nitrogen and oxygen atoms in total. The predicted molar refractivity (Wildman–Crippen MR) is 83.7 cm³/mol. The minimum atomic E-state index is 0.658. The third-order valence-corrected chi connectivity index (χ3v) is 3.29. The van der Waals surface area contributed by atoms with Crippen LogP contribution in [0.25, 0.3) is 0 Å². The van der Waals surface area contributed by atoms with Crippen molar-refractivity contribution in [2.45, 2.75) is 47.0 Å². The van der Waals surface area contributed by atoms with Crippen LogP contribution in [0.1, 0.15) is 45.6 Å². The van der Waals surface area contributed by atoms with Gasteiger partial charge in [0.25, 0.3) is 0 Å². The quantitative estimate of drug-likeness (QED) is 0.590. The molecular weight excluding hydrogens is 232 g/mol. The third-order valence-electron chi connectivity index (χ3n) is 3.29. The van der Waals surface area contributed by atoms with Crippen LogP contribution in [0.15, 0.2) is 47.6 Å². The number of benzene rings is 1. The number of hydrogen-bond acceptors (Lipinski definition) is 1. The summed E-state index contributed by atoms with van der Waals surface area (Å²) in [5, 5.41) is 0. The highest BCUT2D eigenvalue weighted by atomic mass is 16.5. The second-order valence-electron chi connectivity index (χ2n) is 5.12. The number of allylic oxidation sites excluding steroid dienone is 3. The second kappa shape index (κ2) is 8.58. The van der Waals surface area contributed by atoms with E-state index in [1.54, 1.807) is 0 Å². The van der Waals surface area contributed by atoms with E-state index in [2.05, 4.69) is 52.0 Å². The van der Waals surface area contributed by atoms with Crippen LogP contribution in [-0.2, 0) is 0 Å². The van der Waals surface area contributed by atoms with Crippen LogP contribution < -0.4 is 4.74 Å². The minimum absolute atomic E-state index is 0.658. The van der Waals surface area contributed by atoms with E-state index in [1.807, 2.05) is 12.1 Å². The van der Waals surface area contributed by atoms with Crippen LogP contribution in [0, 0.1) is 6.92 Å². The van der Waals surface area contributed by atoms with Crippen LogP contribution in [0.4, 0.5) is 0 Å². The molecule has 0 amide bonds. The second-order valence-corrected chi connectivity index (χ2v) is 5.12. The number of rotatable bonds is 7. The molecule has 0 saturated heterocycles. The monoisotopic (exact) mass is 258 g/mol. The molecule has 0 aliphatic carbocycles. The summed E-state index contributed by atoms with van der Waals surface area (Å²) in [5.41, 5.74) is 4.13. The molecule has 0 saturated carbocycles. The predicted octanol–water partition coefficient (Wildman–Crippen LogP) is 5.46. The first-order valence-electron chi connectivity index (χ1n) is 7.12. The zero-order valence-electron chi connectivity index (χ0n) is 12.7. The molecule has 1 rings (SSSR count). The summed E-state index contributed by atoms with van der Waals surface area (Å²) in [6.07, 6.45) is 7.91. The van der Waals surface area contributed by atoms with E-state index in [0.29, 0.717) is 6.61 Å². The van der Waals surface area contributed by atoms with Gasteiger partial charge in [0.15, 0.2) is 0 Å². The highest BCUT2D eigenvalue weighted by molar-refractivity contribution is 5.26. The first kappa shape index (κ1) is 15.6. The van der Waals surface area contributed by atoms with Crippen LogP contribution in [0.5, 0.6) is 5.75 Å². The van der Waals surface area contributed by atoms with Crippen LogP contribution >= 0.6 is 0 Å². The SMILES string of the molecule is CC/C(C)=C\CC/C(C)=C/COc1ccc(C)cc1. The zero-order valence-corrected chi connectivity index (χ0v) is 12.7. The van der Waals surface area contributed by atoms with Gasteiger partial charge in [0.1, 0.15) is 12.4 Å². The maximum absolute atomic E-state index is 5.69. The molecule has 1 aromatic rings. The summed E-state index contributed by atoms with van der Waals surface area (Å²) in [4.78, 5) is 0. The molecule has 0 heterocycles. The summed E-state index contributed by atoms with van der Waals surface area (Å²) in [5.74, 6) is 0.941. The van der Waals surface area contributed by atoms with Gasteiger partial charge in [-0.05, 0) is 58.2 Å². The standard InChI is InChI=1S/C18H26O/c1-5-15(2)7-6-8-16(3)13-14-19-18-11-9-17(4)10-12-18/h7,9-13H,5-6,8,14H2,1-4H3/b15-7-,16-13+. The van der Waals surface area contributed by atoms with Gasteiger partial charge in [0, 0.05) is 0 Å². The van der Waals surface area contributed by atoms with Crippen LogP contribution in [0.2, 0.25) is 0 Å². The highest BCUT2D eigenvalue weighted by Crippen LogP contribution is 2.12. The average molecular weight is 258 g/mol.